The third-order valence-electron chi connectivity index (χ3n) is 3.46. The van der Waals surface area contributed by atoms with Gasteiger partial charge in [-0.1, -0.05) is 6.07 Å². The molecule has 3 nitrogen and oxygen atoms in total. The van der Waals surface area contributed by atoms with Gasteiger partial charge in [-0.15, -0.1) is 0 Å². The van der Waals surface area contributed by atoms with Gasteiger partial charge in [-0.05, 0) is 36.4 Å². The van der Waals surface area contributed by atoms with E-state index in [-0.39, 0.29) is 18.4 Å². The van der Waals surface area contributed by atoms with Gasteiger partial charge in [0.25, 0.3) is 5.91 Å². The number of hydrogen-bond acceptors (Lipinski definition) is 1. The second kappa shape index (κ2) is 3.76. The van der Waals surface area contributed by atoms with Crippen LogP contribution in [0.4, 0.5) is 13.2 Å². The predicted molar refractivity (Wildman–Crippen MR) is 63.8 cm³/mol. The number of halogens is 3. The van der Waals surface area contributed by atoms with E-state index in [0.717, 1.165) is 10.9 Å². The molecule has 1 amide bonds. The number of aromatic amines is 1. The van der Waals surface area contributed by atoms with Gasteiger partial charge in [0.15, 0.2) is 0 Å². The average Bonchev–Trinajstić information content (AvgIpc) is 2.99. The molecule has 1 heterocycles. The molecule has 100 valence electrons. The molecular formula is C13H11F3N2O. The zero-order chi connectivity index (χ0) is 13.7. The van der Waals surface area contributed by atoms with E-state index in [2.05, 4.69) is 10.3 Å². The molecule has 0 spiro atoms. The zero-order valence-electron chi connectivity index (χ0n) is 9.84. The van der Waals surface area contributed by atoms with Crippen LogP contribution >= 0.6 is 0 Å². The van der Waals surface area contributed by atoms with E-state index in [0.29, 0.717) is 0 Å². The van der Waals surface area contributed by atoms with E-state index in [4.69, 9.17) is 0 Å². The van der Waals surface area contributed by atoms with E-state index in [1.54, 1.807) is 18.3 Å². The van der Waals surface area contributed by atoms with Crippen LogP contribution in [-0.2, 0) is 0 Å². The molecule has 0 radical (unpaired) electrons. The monoisotopic (exact) mass is 268 g/mol. The van der Waals surface area contributed by atoms with Crippen molar-refractivity contribution in [2.75, 3.05) is 0 Å². The number of nitrogens with one attached hydrogen (secondary N) is 2. The normalized spacial score (nSPS) is 17.4. The van der Waals surface area contributed by atoms with Crippen molar-refractivity contribution in [3.63, 3.8) is 0 Å². The number of amides is 1. The number of carbonyl (C=O) groups excluding carboxylic acids is 1. The molecule has 1 fully saturated rings. The van der Waals surface area contributed by atoms with Crippen molar-refractivity contribution in [1.29, 1.82) is 0 Å². The van der Waals surface area contributed by atoms with Crippen molar-refractivity contribution in [1.82, 2.24) is 10.3 Å². The molecule has 19 heavy (non-hydrogen) atoms. The van der Waals surface area contributed by atoms with Crippen LogP contribution in [0.3, 0.4) is 0 Å². The average molecular weight is 268 g/mol. The zero-order valence-corrected chi connectivity index (χ0v) is 9.84. The fourth-order valence-corrected chi connectivity index (χ4v) is 2.08. The van der Waals surface area contributed by atoms with Gasteiger partial charge in [-0.2, -0.15) is 13.2 Å². The van der Waals surface area contributed by atoms with Gasteiger partial charge >= 0.3 is 6.18 Å². The van der Waals surface area contributed by atoms with Crippen LogP contribution in [0.1, 0.15) is 23.2 Å². The van der Waals surface area contributed by atoms with Crippen LogP contribution in [0.25, 0.3) is 10.9 Å². The molecule has 1 aromatic carbocycles. The fraction of sp³-hybridized carbons (Fsp3) is 0.308. The molecule has 0 unspecified atom stereocenters. The first-order chi connectivity index (χ1) is 8.91. The Morgan fingerprint density at radius 1 is 1.26 bits per heavy atom. The molecular weight excluding hydrogens is 257 g/mol. The first kappa shape index (κ1) is 12.1. The molecule has 2 aromatic rings. The Morgan fingerprint density at radius 3 is 2.63 bits per heavy atom. The largest absolute Gasteiger partial charge is 0.411 e. The molecule has 0 bridgehead atoms. The third kappa shape index (κ3) is 1.97. The molecule has 0 aliphatic heterocycles. The highest BCUT2D eigenvalue weighted by atomic mass is 19.4. The van der Waals surface area contributed by atoms with Crippen molar-refractivity contribution in [3.05, 3.63) is 36.0 Å². The number of benzene rings is 1. The maximum atomic E-state index is 12.8. The number of rotatable bonds is 2. The maximum absolute atomic E-state index is 12.8. The Hall–Kier alpha value is -1.98. The van der Waals surface area contributed by atoms with E-state index in [9.17, 15) is 18.0 Å². The van der Waals surface area contributed by atoms with Crippen LogP contribution in [0.15, 0.2) is 30.5 Å². The van der Waals surface area contributed by atoms with E-state index >= 15 is 0 Å². The van der Waals surface area contributed by atoms with E-state index < -0.39 is 17.6 Å². The third-order valence-corrected chi connectivity index (χ3v) is 3.46. The minimum absolute atomic E-state index is 0.0486. The Morgan fingerprint density at radius 2 is 2.00 bits per heavy atom. The van der Waals surface area contributed by atoms with Gasteiger partial charge in [0.1, 0.15) is 5.54 Å². The number of fused-ring (bicyclic) bond motifs is 1. The van der Waals surface area contributed by atoms with Crippen molar-refractivity contribution >= 4 is 16.8 Å². The van der Waals surface area contributed by atoms with Gasteiger partial charge in [-0.3, -0.25) is 4.79 Å². The SMILES string of the molecule is O=C(NC1(C(F)(F)F)CC1)c1ccc2cc[nH]c2c1. The molecule has 1 aromatic heterocycles. The summed E-state index contributed by atoms with van der Waals surface area (Å²) in [5, 5.41) is 3.01. The molecule has 1 saturated carbocycles. The maximum Gasteiger partial charge on any atom is 0.411 e. The van der Waals surface area contributed by atoms with Gasteiger partial charge in [0, 0.05) is 17.3 Å². The minimum atomic E-state index is -4.39. The molecule has 2 N–H and O–H groups in total. The number of aromatic nitrogens is 1. The molecule has 3 rings (SSSR count). The lowest BCUT2D eigenvalue weighted by molar-refractivity contribution is -0.163. The number of carbonyl (C=O) groups is 1. The minimum Gasteiger partial charge on any atom is -0.361 e. The lowest BCUT2D eigenvalue weighted by atomic mass is 10.1. The first-order valence-corrected chi connectivity index (χ1v) is 5.88. The second-order valence-corrected chi connectivity index (χ2v) is 4.81. The first-order valence-electron chi connectivity index (χ1n) is 5.88. The highest BCUT2D eigenvalue weighted by Gasteiger charge is 2.64. The van der Waals surface area contributed by atoms with Gasteiger partial charge < -0.3 is 10.3 Å². The fourth-order valence-electron chi connectivity index (χ4n) is 2.08. The summed E-state index contributed by atoms with van der Waals surface area (Å²) in [6.07, 6.45) is -2.77. The van der Waals surface area contributed by atoms with Gasteiger partial charge in [-0.25, -0.2) is 0 Å². The number of alkyl halides is 3. The van der Waals surface area contributed by atoms with Crippen LogP contribution in [0.5, 0.6) is 0 Å². The van der Waals surface area contributed by atoms with Gasteiger partial charge in [0.05, 0.1) is 0 Å². The number of hydrogen-bond donors (Lipinski definition) is 2. The quantitative estimate of drug-likeness (QED) is 0.864. The lowest BCUT2D eigenvalue weighted by Gasteiger charge is -2.20. The highest BCUT2D eigenvalue weighted by molar-refractivity contribution is 5.98. The Labute approximate surface area is 106 Å². The number of H-pyrrole nitrogens is 1. The van der Waals surface area contributed by atoms with E-state index in [1.165, 1.54) is 6.07 Å². The van der Waals surface area contributed by atoms with Crippen molar-refractivity contribution in [3.8, 4) is 0 Å². The summed E-state index contributed by atoms with van der Waals surface area (Å²) in [5.41, 5.74) is -1.07. The van der Waals surface area contributed by atoms with Crippen LogP contribution in [0.2, 0.25) is 0 Å². The molecule has 1 aliphatic rings. The summed E-state index contributed by atoms with van der Waals surface area (Å²) in [5.74, 6) is -0.689. The Bertz CT molecular complexity index is 641. The topological polar surface area (TPSA) is 44.9 Å². The summed E-state index contributed by atoms with van der Waals surface area (Å²) in [4.78, 5) is 14.8. The summed E-state index contributed by atoms with van der Waals surface area (Å²) in [7, 11) is 0. The van der Waals surface area contributed by atoms with Crippen molar-refractivity contribution in [2.24, 2.45) is 0 Å². The Balaban J connectivity index is 1.84. The summed E-state index contributed by atoms with van der Waals surface area (Å²) in [6, 6.07) is 6.61. The van der Waals surface area contributed by atoms with Crippen molar-refractivity contribution in [2.45, 2.75) is 24.6 Å². The molecule has 1 aliphatic carbocycles. The molecule has 0 atom stereocenters. The molecule has 6 heteroatoms. The van der Waals surface area contributed by atoms with Crippen LogP contribution < -0.4 is 5.32 Å². The predicted octanol–water partition coefficient (Wildman–Crippen LogP) is 2.99. The van der Waals surface area contributed by atoms with Crippen LogP contribution in [0, 0.1) is 0 Å². The standard InChI is InChI=1S/C13H11F3N2O/c14-13(15,16)12(4-5-12)18-11(19)9-2-1-8-3-6-17-10(8)7-9/h1-3,6-7,17H,4-5H2,(H,18,19). The Kier molecular flexibility index (Phi) is 2.39. The van der Waals surface area contributed by atoms with Crippen molar-refractivity contribution < 1.29 is 18.0 Å². The molecule has 0 saturated heterocycles. The summed E-state index contributed by atoms with van der Waals surface area (Å²) >= 11 is 0. The summed E-state index contributed by atoms with van der Waals surface area (Å²) in [6.45, 7) is 0. The highest BCUT2D eigenvalue weighted by Crippen LogP contribution is 2.49. The summed E-state index contributed by atoms with van der Waals surface area (Å²) < 4.78 is 38.3. The smallest absolute Gasteiger partial charge is 0.361 e. The lowest BCUT2D eigenvalue weighted by Crippen LogP contribution is -2.47. The van der Waals surface area contributed by atoms with E-state index in [1.807, 2.05) is 6.07 Å². The van der Waals surface area contributed by atoms with Gasteiger partial charge in [0.2, 0.25) is 0 Å². The second-order valence-electron chi connectivity index (χ2n) is 4.81. The van der Waals surface area contributed by atoms with Crippen LogP contribution in [-0.4, -0.2) is 22.6 Å².